The third-order valence-corrected chi connectivity index (χ3v) is 4.77. The van der Waals surface area contributed by atoms with E-state index < -0.39 is 0 Å². The number of aryl methyl sites for hydroxylation is 1. The molecule has 0 aromatic carbocycles. The van der Waals surface area contributed by atoms with Gasteiger partial charge in [0.25, 0.3) is 0 Å². The SMILES string of the molecule is CC(C)Cc1ccc(CCC(=O)N2CCCNCC2)s1. The second-order valence-corrected chi connectivity index (χ2v) is 7.20. The first-order valence-electron chi connectivity index (χ1n) is 7.71. The number of nitrogens with one attached hydrogen (secondary N) is 1. The van der Waals surface area contributed by atoms with E-state index in [1.807, 2.05) is 16.2 Å². The summed E-state index contributed by atoms with van der Waals surface area (Å²) in [5, 5.41) is 3.34. The van der Waals surface area contributed by atoms with Gasteiger partial charge in [0.2, 0.25) is 5.91 Å². The smallest absolute Gasteiger partial charge is 0.222 e. The van der Waals surface area contributed by atoms with Gasteiger partial charge in [0.1, 0.15) is 0 Å². The molecule has 0 bridgehead atoms. The monoisotopic (exact) mass is 294 g/mol. The fourth-order valence-corrected chi connectivity index (χ4v) is 3.78. The second kappa shape index (κ2) is 7.79. The van der Waals surface area contributed by atoms with Crippen molar-refractivity contribution in [2.75, 3.05) is 26.2 Å². The minimum absolute atomic E-state index is 0.313. The van der Waals surface area contributed by atoms with Crippen molar-refractivity contribution >= 4 is 17.2 Å². The van der Waals surface area contributed by atoms with E-state index in [0.29, 0.717) is 18.2 Å². The van der Waals surface area contributed by atoms with E-state index in [4.69, 9.17) is 0 Å². The summed E-state index contributed by atoms with van der Waals surface area (Å²) in [7, 11) is 0. The van der Waals surface area contributed by atoms with Gasteiger partial charge in [-0.05, 0) is 43.9 Å². The van der Waals surface area contributed by atoms with Gasteiger partial charge >= 0.3 is 0 Å². The van der Waals surface area contributed by atoms with Crippen LogP contribution >= 0.6 is 11.3 Å². The van der Waals surface area contributed by atoms with Crippen molar-refractivity contribution in [3.8, 4) is 0 Å². The molecule has 4 heteroatoms. The van der Waals surface area contributed by atoms with E-state index in [2.05, 4.69) is 31.3 Å². The highest BCUT2D eigenvalue weighted by molar-refractivity contribution is 7.12. The summed E-state index contributed by atoms with van der Waals surface area (Å²) in [6.07, 6.45) is 3.77. The first-order chi connectivity index (χ1) is 9.65. The molecule has 2 heterocycles. The summed E-state index contributed by atoms with van der Waals surface area (Å²) in [5.74, 6) is 1.01. The predicted molar refractivity (Wildman–Crippen MR) is 85.2 cm³/mol. The minimum Gasteiger partial charge on any atom is -0.341 e. The van der Waals surface area contributed by atoms with Crippen LogP contribution in [0.25, 0.3) is 0 Å². The Morgan fingerprint density at radius 2 is 2.10 bits per heavy atom. The van der Waals surface area contributed by atoms with Crippen molar-refractivity contribution in [3.63, 3.8) is 0 Å². The molecule has 1 saturated heterocycles. The molecule has 1 fully saturated rings. The summed E-state index contributed by atoms with van der Waals surface area (Å²) in [6, 6.07) is 4.42. The van der Waals surface area contributed by atoms with Crippen LogP contribution in [0.3, 0.4) is 0 Å². The average molecular weight is 294 g/mol. The summed E-state index contributed by atoms with van der Waals surface area (Å²) in [6.45, 7) is 8.24. The van der Waals surface area contributed by atoms with Gasteiger partial charge < -0.3 is 10.2 Å². The Kier molecular flexibility index (Phi) is 6.05. The lowest BCUT2D eigenvalue weighted by atomic mass is 10.1. The molecule has 1 aromatic rings. The number of carbonyl (C=O) groups excluding carboxylic acids is 1. The fraction of sp³-hybridized carbons (Fsp3) is 0.688. The molecule has 0 radical (unpaired) electrons. The van der Waals surface area contributed by atoms with Crippen LogP contribution in [0.15, 0.2) is 12.1 Å². The molecular formula is C16H26N2OS. The van der Waals surface area contributed by atoms with Crippen molar-refractivity contribution < 1.29 is 4.79 Å². The van der Waals surface area contributed by atoms with Gasteiger partial charge in [0.05, 0.1) is 0 Å². The average Bonchev–Trinajstić information content (AvgIpc) is 2.67. The van der Waals surface area contributed by atoms with Gasteiger partial charge in [-0.25, -0.2) is 0 Å². The minimum atomic E-state index is 0.313. The predicted octanol–water partition coefficient (Wildman–Crippen LogP) is 2.70. The first-order valence-corrected chi connectivity index (χ1v) is 8.53. The van der Waals surface area contributed by atoms with Gasteiger partial charge in [-0.3, -0.25) is 4.79 Å². The van der Waals surface area contributed by atoms with Crippen LogP contribution in [0.4, 0.5) is 0 Å². The zero-order valence-corrected chi connectivity index (χ0v) is 13.5. The number of thiophene rings is 1. The third-order valence-electron chi connectivity index (χ3n) is 3.60. The Balaban J connectivity index is 1.78. The largest absolute Gasteiger partial charge is 0.341 e. The molecule has 0 unspecified atom stereocenters. The molecule has 0 aliphatic carbocycles. The number of carbonyl (C=O) groups is 1. The zero-order valence-electron chi connectivity index (χ0n) is 12.7. The van der Waals surface area contributed by atoms with Gasteiger partial charge in [-0.15, -0.1) is 11.3 Å². The van der Waals surface area contributed by atoms with Gasteiger partial charge in [-0.2, -0.15) is 0 Å². The maximum atomic E-state index is 12.2. The van der Waals surface area contributed by atoms with Crippen LogP contribution in [0.5, 0.6) is 0 Å². The molecule has 1 N–H and O–H groups in total. The maximum absolute atomic E-state index is 12.2. The second-order valence-electron chi connectivity index (χ2n) is 5.95. The summed E-state index contributed by atoms with van der Waals surface area (Å²) in [5.41, 5.74) is 0. The Bertz CT molecular complexity index is 420. The molecule has 1 aliphatic heterocycles. The molecule has 0 spiro atoms. The topological polar surface area (TPSA) is 32.3 Å². The van der Waals surface area contributed by atoms with Crippen molar-refractivity contribution in [1.29, 1.82) is 0 Å². The Hall–Kier alpha value is -0.870. The number of amides is 1. The van der Waals surface area contributed by atoms with Crippen LogP contribution in [0, 0.1) is 5.92 Å². The Morgan fingerprint density at radius 3 is 2.90 bits per heavy atom. The lowest BCUT2D eigenvalue weighted by Gasteiger charge is -2.19. The van der Waals surface area contributed by atoms with Crippen LogP contribution in [0.2, 0.25) is 0 Å². The molecule has 112 valence electrons. The van der Waals surface area contributed by atoms with Gasteiger partial charge in [0.15, 0.2) is 0 Å². The third kappa shape index (κ3) is 4.91. The molecular weight excluding hydrogens is 268 g/mol. The Morgan fingerprint density at radius 1 is 1.30 bits per heavy atom. The van der Waals surface area contributed by atoms with E-state index in [9.17, 15) is 4.79 Å². The number of hydrogen-bond acceptors (Lipinski definition) is 3. The highest BCUT2D eigenvalue weighted by Gasteiger charge is 2.15. The number of rotatable bonds is 5. The highest BCUT2D eigenvalue weighted by Crippen LogP contribution is 2.21. The maximum Gasteiger partial charge on any atom is 0.222 e. The molecule has 1 aliphatic rings. The molecule has 1 amide bonds. The summed E-state index contributed by atoms with van der Waals surface area (Å²) < 4.78 is 0. The van der Waals surface area contributed by atoms with Crippen LogP contribution in [0.1, 0.15) is 36.4 Å². The number of hydrogen-bond donors (Lipinski definition) is 1. The van der Waals surface area contributed by atoms with Crippen molar-refractivity contribution in [2.24, 2.45) is 5.92 Å². The zero-order chi connectivity index (χ0) is 14.4. The lowest BCUT2D eigenvalue weighted by Crippen LogP contribution is -2.34. The van der Waals surface area contributed by atoms with Crippen molar-refractivity contribution in [3.05, 3.63) is 21.9 Å². The summed E-state index contributed by atoms with van der Waals surface area (Å²) >= 11 is 1.87. The van der Waals surface area contributed by atoms with Crippen molar-refractivity contribution in [1.82, 2.24) is 10.2 Å². The molecule has 20 heavy (non-hydrogen) atoms. The first kappa shape index (κ1) is 15.5. The van der Waals surface area contributed by atoms with E-state index in [1.54, 1.807) is 0 Å². The van der Waals surface area contributed by atoms with Crippen molar-refractivity contribution in [2.45, 2.75) is 39.5 Å². The highest BCUT2D eigenvalue weighted by atomic mass is 32.1. The normalized spacial score (nSPS) is 16.4. The summed E-state index contributed by atoms with van der Waals surface area (Å²) in [4.78, 5) is 17.0. The van der Waals surface area contributed by atoms with Crippen LogP contribution in [-0.2, 0) is 17.6 Å². The quantitative estimate of drug-likeness (QED) is 0.905. The lowest BCUT2D eigenvalue weighted by molar-refractivity contribution is -0.130. The molecule has 0 atom stereocenters. The van der Waals surface area contributed by atoms with E-state index >= 15 is 0 Å². The van der Waals surface area contributed by atoms with E-state index in [1.165, 1.54) is 9.75 Å². The van der Waals surface area contributed by atoms with Crippen LogP contribution < -0.4 is 5.32 Å². The van der Waals surface area contributed by atoms with Crippen LogP contribution in [-0.4, -0.2) is 37.0 Å². The molecule has 0 saturated carbocycles. The van der Waals surface area contributed by atoms with E-state index in [-0.39, 0.29) is 0 Å². The van der Waals surface area contributed by atoms with Gasteiger partial charge in [0, 0.05) is 35.8 Å². The fourth-order valence-electron chi connectivity index (χ4n) is 2.55. The number of nitrogens with zero attached hydrogens (tertiary/aromatic N) is 1. The Labute approximate surface area is 126 Å². The van der Waals surface area contributed by atoms with E-state index in [0.717, 1.165) is 45.4 Å². The standard InChI is InChI=1S/C16H26N2OS/c1-13(2)12-15-5-4-14(20-15)6-7-16(19)18-10-3-8-17-9-11-18/h4-5,13,17H,3,6-12H2,1-2H3. The molecule has 2 rings (SSSR count). The molecule has 1 aromatic heterocycles. The molecule has 3 nitrogen and oxygen atoms in total. The van der Waals surface area contributed by atoms with Gasteiger partial charge in [-0.1, -0.05) is 13.8 Å².